The van der Waals surface area contributed by atoms with Gasteiger partial charge in [-0.3, -0.25) is 4.79 Å². The summed E-state index contributed by atoms with van der Waals surface area (Å²) in [4.78, 5) is 12.6. The van der Waals surface area contributed by atoms with E-state index in [1.807, 2.05) is 31.2 Å². The summed E-state index contributed by atoms with van der Waals surface area (Å²) in [5, 5.41) is 3.07. The number of para-hydroxylation sites is 1. The first-order valence-corrected chi connectivity index (χ1v) is 7.60. The quantitative estimate of drug-likeness (QED) is 0.873. The van der Waals surface area contributed by atoms with Crippen molar-refractivity contribution in [2.45, 2.75) is 43.9 Å². The molecule has 0 aromatic heterocycles. The Kier molecular flexibility index (Phi) is 4.12. The summed E-state index contributed by atoms with van der Waals surface area (Å²) >= 11 is 0. The summed E-state index contributed by atoms with van der Waals surface area (Å²) in [6.07, 6.45) is 1.55. The van der Waals surface area contributed by atoms with Crippen LogP contribution in [0.15, 0.2) is 24.3 Å². The zero-order valence-corrected chi connectivity index (χ0v) is 12.2. The van der Waals surface area contributed by atoms with Gasteiger partial charge in [0.2, 0.25) is 5.91 Å². The monoisotopic (exact) mass is 290 g/mol. The number of nitrogens with two attached hydrogens (primary N) is 1. The van der Waals surface area contributed by atoms with Gasteiger partial charge in [-0.15, -0.1) is 0 Å². The lowest BCUT2D eigenvalue weighted by molar-refractivity contribution is -0.127. The minimum Gasteiger partial charge on any atom is -0.493 e. The predicted octanol–water partition coefficient (Wildman–Crippen LogP) is 1.17. The molecule has 1 heterocycles. The Balaban J connectivity index is 1.69. The van der Waals surface area contributed by atoms with Gasteiger partial charge in [0.1, 0.15) is 5.75 Å². The van der Waals surface area contributed by atoms with Gasteiger partial charge in [-0.1, -0.05) is 18.2 Å². The van der Waals surface area contributed by atoms with Crippen molar-refractivity contribution in [2.24, 2.45) is 5.73 Å². The Morgan fingerprint density at radius 1 is 1.48 bits per heavy atom. The number of rotatable bonds is 4. The minimum atomic E-state index is -0.162. The summed E-state index contributed by atoms with van der Waals surface area (Å²) in [5.41, 5.74) is 6.96. The fraction of sp³-hybridized carbons (Fsp3) is 0.562. The van der Waals surface area contributed by atoms with Gasteiger partial charge < -0.3 is 20.5 Å². The minimum absolute atomic E-state index is 0.0133. The first-order valence-electron chi connectivity index (χ1n) is 7.60. The van der Waals surface area contributed by atoms with Crippen LogP contribution in [-0.2, 0) is 9.53 Å². The molecule has 21 heavy (non-hydrogen) atoms. The third kappa shape index (κ3) is 2.76. The molecular weight excluding hydrogens is 268 g/mol. The van der Waals surface area contributed by atoms with E-state index < -0.39 is 0 Å². The summed E-state index contributed by atoms with van der Waals surface area (Å²) < 4.78 is 11.2. The van der Waals surface area contributed by atoms with Crippen LogP contribution in [-0.4, -0.2) is 37.3 Å². The van der Waals surface area contributed by atoms with E-state index in [2.05, 4.69) is 5.32 Å². The third-order valence-electron chi connectivity index (χ3n) is 4.33. The molecule has 114 valence electrons. The predicted molar refractivity (Wildman–Crippen MR) is 79.2 cm³/mol. The number of fused-ring (bicyclic) bond motifs is 1. The second-order valence-corrected chi connectivity index (χ2v) is 5.66. The van der Waals surface area contributed by atoms with Gasteiger partial charge in [-0.25, -0.2) is 0 Å². The normalized spacial score (nSPS) is 30.8. The van der Waals surface area contributed by atoms with Gasteiger partial charge in [-0.05, 0) is 25.8 Å². The smallest absolute Gasteiger partial charge is 0.228 e. The van der Waals surface area contributed by atoms with E-state index in [0.717, 1.165) is 17.7 Å². The summed E-state index contributed by atoms with van der Waals surface area (Å²) in [6.45, 7) is 3.17. The van der Waals surface area contributed by atoms with E-state index in [-0.39, 0.29) is 30.0 Å². The van der Waals surface area contributed by atoms with Crippen molar-refractivity contribution in [2.75, 3.05) is 13.2 Å². The Hall–Kier alpha value is -1.59. The van der Waals surface area contributed by atoms with Crippen LogP contribution >= 0.6 is 0 Å². The molecular formula is C16H22N2O3. The average molecular weight is 290 g/mol. The van der Waals surface area contributed by atoms with Gasteiger partial charge in [0.05, 0.1) is 24.7 Å². The molecule has 4 unspecified atom stereocenters. The van der Waals surface area contributed by atoms with Crippen molar-refractivity contribution >= 4 is 5.91 Å². The highest BCUT2D eigenvalue weighted by atomic mass is 16.5. The van der Waals surface area contributed by atoms with Crippen LogP contribution in [0, 0.1) is 0 Å². The van der Waals surface area contributed by atoms with Crippen LogP contribution < -0.4 is 15.8 Å². The molecule has 0 radical (unpaired) electrons. The van der Waals surface area contributed by atoms with Crippen molar-refractivity contribution in [3.63, 3.8) is 0 Å². The molecule has 0 saturated heterocycles. The number of carbonyl (C=O) groups excluding carboxylic acids is 1. The molecule has 1 amide bonds. The topological polar surface area (TPSA) is 73.6 Å². The lowest BCUT2D eigenvalue weighted by Gasteiger charge is -2.43. The van der Waals surface area contributed by atoms with Crippen LogP contribution in [0.3, 0.4) is 0 Å². The molecule has 3 rings (SSSR count). The Bertz CT molecular complexity index is 518. The Morgan fingerprint density at radius 3 is 3.05 bits per heavy atom. The second-order valence-electron chi connectivity index (χ2n) is 5.66. The first kappa shape index (κ1) is 14.4. The molecule has 1 aromatic carbocycles. The fourth-order valence-electron chi connectivity index (χ4n) is 3.11. The lowest BCUT2D eigenvalue weighted by Crippen LogP contribution is -2.65. The van der Waals surface area contributed by atoms with E-state index in [9.17, 15) is 4.79 Å². The van der Waals surface area contributed by atoms with Crippen molar-refractivity contribution in [1.82, 2.24) is 5.32 Å². The highest BCUT2D eigenvalue weighted by Gasteiger charge is 2.41. The van der Waals surface area contributed by atoms with Crippen LogP contribution in [0.1, 0.15) is 31.2 Å². The molecule has 0 bridgehead atoms. The summed E-state index contributed by atoms with van der Waals surface area (Å²) in [7, 11) is 0. The van der Waals surface area contributed by atoms with Crippen LogP contribution in [0.2, 0.25) is 0 Å². The second kappa shape index (κ2) is 6.03. The van der Waals surface area contributed by atoms with Crippen LogP contribution in [0.5, 0.6) is 5.75 Å². The molecule has 1 aliphatic heterocycles. The Labute approximate surface area is 124 Å². The SMILES string of the molecule is CCOC1CC(N)C1NC(=O)C1CCOc2ccccc21. The lowest BCUT2D eigenvalue weighted by atomic mass is 9.82. The zero-order chi connectivity index (χ0) is 14.8. The van der Waals surface area contributed by atoms with Gasteiger partial charge in [-0.2, -0.15) is 0 Å². The van der Waals surface area contributed by atoms with Crippen molar-refractivity contribution < 1.29 is 14.3 Å². The molecule has 2 aliphatic rings. The van der Waals surface area contributed by atoms with Crippen LogP contribution in [0.25, 0.3) is 0 Å². The van der Waals surface area contributed by atoms with E-state index in [4.69, 9.17) is 15.2 Å². The van der Waals surface area contributed by atoms with Crippen molar-refractivity contribution in [1.29, 1.82) is 0 Å². The summed E-state index contributed by atoms with van der Waals surface area (Å²) in [6, 6.07) is 7.64. The molecule has 1 fully saturated rings. The largest absolute Gasteiger partial charge is 0.493 e. The fourth-order valence-corrected chi connectivity index (χ4v) is 3.11. The molecule has 1 aromatic rings. The number of amides is 1. The maximum absolute atomic E-state index is 12.6. The van der Waals surface area contributed by atoms with Gasteiger partial charge in [0.15, 0.2) is 0 Å². The van der Waals surface area contributed by atoms with Crippen molar-refractivity contribution in [3.05, 3.63) is 29.8 Å². The van der Waals surface area contributed by atoms with E-state index in [1.54, 1.807) is 0 Å². The van der Waals surface area contributed by atoms with Gasteiger partial charge >= 0.3 is 0 Å². The zero-order valence-electron chi connectivity index (χ0n) is 12.2. The number of ether oxygens (including phenoxy) is 2. The molecule has 1 saturated carbocycles. The van der Waals surface area contributed by atoms with E-state index in [0.29, 0.717) is 19.6 Å². The Morgan fingerprint density at radius 2 is 2.29 bits per heavy atom. The maximum Gasteiger partial charge on any atom is 0.228 e. The highest BCUT2D eigenvalue weighted by molar-refractivity contribution is 5.85. The molecule has 5 heteroatoms. The number of benzene rings is 1. The number of carbonyl (C=O) groups is 1. The number of hydrogen-bond donors (Lipinski definition) is 2. The summed E-state index contributed by atoms with van der Waals surface area (Å²) in [5.74, 6) is 0.670. The van der Waals surface area contributed by atoms with E-state index in [1.165, 1.54) is 0 Å². The van der Waals surface area contributed by atoms with Gasteiger partial charge in [0.25, 0.3) is 0 Å². The highest BCUT2D eigenvalue weighted by Crippen LogP contribution is 2.34. The number of hydrogen-bond acceptors (Lipinski definition) is 4. The molecule has 4 atom stereocenters. The average Bonchev–Trinajstić information content (AvgIpc) is 2.51. The van der Waals surface area contributed by atoms with Crippen LogP contribution in [0.4, 0.5) is 0 Å². The molecule has 0 spiro atoms. The standard InChI is InChI=1S/C16H22N2O3/c1-2-20-14-9-12(17)15(14)18-16(19)11-7-8-21-13-6-4-3-5-10(11)13/h3-6,11-12,14-15H,2,7-9,17H2,1H3,(H,18,19). The first-order chi connectivity index (χ1) is 10.2. The van der Waals surface area contributed by atoms with Crippen molar-refractivity contribution in [3.8, 4) is 5.75 Å². The molecule has 3 N–H and O–H groups in total. The maximum atomic E-state index is 12.6. The molecule has 1 aliphatic carbocycles. The van der Waals surface area contributed by atoms with Gasteiger partial charge in [0, 0.05) is 18.2 Å². The molecule has 5 nitrogen and oxygen atoms in total. The number of nitrogens with one attached hydrogen (secondary N) is 1. The van der Waals surface area contributed by atoms with E-state index >= 15 is 0 Å². The third-order valence-corrected chi connectivity index (χ3v) is 4.33.